The van der Waals surface area contributed by atoms with Crippen molar-refractivity contribution in [3.8, 4) is 0 Å². The molecule has 0 radical (unpaired) electrons. The Kier molecular flexibility index (Phi) is 4.63. The summed E-state index contributed by atoms with van der Waals surface area (Å²) in [6.07, 6.45) is 2.71. The Morgan fingerprint density at radius 2 is 2.28 bits per heavy atom. The Balaban J connectivity index is 2.93. The molecule has 0 fully saturated rings. The van der Waals surface area contributed by atoms with Crippen molar-refractivity contribution in [2.24, 2.45) is 0 Å². The first-order valence-electron chi connectivity index (χ1n) is 5.05. The highest BCUT2D eigenvalue weighted by Crippen LogP contribution is 2.15. The molecule has 18 heavy (non-hydrogen) atoms. The quantitative estimate of drug-likeness (QED) is 0.833. The van der Waals surface area contributed by atoms with Crippen LogP contribution in [-0.2, 0) is 9.53 Å². The molecular formula is C11H13ClN2O4. The molecule has 0 saturated heterocycles. The van der Waals surface area contributed by atoms with Crippen molar-refractivity contribution in [3.63, 3.8) is 0 Å². The summed E-state index contributed by atoms with van der Waals surface area (Å²) in [6.45, 7) is 1.20. The van der Waals surface area contributed by atoms with Crippen LogP contribution < -0.4 is 5.32 Å². The maximum Gasteiger partial charge on any atom is 0.331 e. The largest absolute Gasteiger partial charge is 0.479 e. The summed E-state index contributed by atoms with van der Waals surface area (Å²) in [5.41, 5.74) is -1.35. The molecule has 1 aromatic heterocycles. The summed E-state index contributed by atoms with van der Waals surface area (Å²) in [5.74, 6) is -1.78. The first-order valence-corrected chi connectivity index (χ1v) is 5.43. The van der Waals surface area contributed by atoms with E-state index < -0.39 is 17.4 Å². The van der Waals surface area contributed by atoms with E-state index in [-0.39, 0.29) is 17.2 Å². The van der Waals surface area contributed by atoms with Gasteiger partial charge in [0.25, 0.3) is 5.91 Å². The van der Waals surface area contributed by atoms with E-state index in [1.165, 1.54) is 32.5 Å². The number of halogens is 1. The average molecular weight is 273 g/mol. The van der Waals surface area contributed by atoms with Gasteiger partial charge in [-0.05, 0) is 13.0 Å². The number of carbonyl (C=O) groups excluding carboxylic acids is 1. The van der Waals surface area contributed by atoms with Crippen LogP contribution in [0.2, 0.25) is 5.02 Å². The molecule has 0 spiro atoms. The third-order valence-corrected chi connectivity index (χ3v) is 2.61. The lowest BCUT2D eigenvalue weighted by Gasteiger charge is -2.25. The van der Waals surface area contributed by atoms with Crippen molar-refractivity contribution < 1.29 is 19.4 Å². The van der Waals surface area contributed by atoms with Crippen molar-refractivity contribution in [1.29, 1.82) is 0 Å². The summed E-state index contributed by atoms with van der Waals surface area (Å²) in [5, 5.41) is 11.6. The zero-order valence-corrected chi connectivity index (χ0v) is 10.7. The van der Waals surface area contributed by atoms with Crippen LogP contribution in [0.15, 0.2) is 18.5 Å². The molecule has 1 unspecified atom stereocenters. The summed E-state index contributed by atoms with van der Waals surface area (Å²) in [6, 6.07) is 1.41. The van der Waals surface area contributed by atoms with Gasteiger partial charge >= 0.3 is 5.97 Å². The molecule has 1 heterocycles. The zero-order chi connectivity index (χ0) is 13.8. The zero-order valence-electron chi connectivity index (χ0n) is 9.94. The van der Waals surface area contributed by atoms with Crippen LogP contribution in [0.3, 0.4) is 0 Å². The first-order chi connectivity index (χ1) is 8.40. The molecule has 2 N–H and O–H groups in total. The SMILES string of the molecule is COCC(C)(NC(=O)c1ccncc1Cl)C(=O)O. The molecule has 0 aliphatic rings. The molecule has 0 aliphatic heterocycles. The van der Waals surface area contributed by atoms with Gasteiger partial charge in [-0.1, -0.05) is 11.6 Å². The van der Waals surface area contributed by atoms with Gasteiger partial charge < -0.3 is 15.2 Å². The lowest BCUT2D eigenvalue weighted by Crippen LogP contribution is -2.55. The maximum atomic E-state index is 11.9. The van der Waals surface area contributed by atoms with E-state index in [9.17, 15) is 9.59 Å². The second-order valence-corrected chi connectivity index (χ2v) is 4.29. The minimum Gasteiger partial charge on any atom is -0.479 e. The van der Waals surface area contributed by atoms with Gasteiger partial charge in [0.1, 0.15) is 0 Å². The number of carbonyl (C=O) groups is 2. The highest BCUT2D eigenvalue weighted by Gasteiger charge is 2.35. The lowest BCUT2D eigenvalue weighted by atomic mass is 10.0. The predicted octanol–water partition coefficient (Wildman–Crippen LogP) is 0.955. The van der Waals surface area contributed by atoms with Crippen LogP contribution >= 0.6 is 11.6 Å². The van der Waals surface area contributed by atoms with Crippen LogP contribution in [0.4, 0.5) is 0 Å². The van der Waals surface area contributed by atoms with Crippen LogP contribution in [0.1, 0.15) is 17.3 Å². The van der Waals surface area contributed by atoms with Crippen LogP contribution in [0.5, 0.6) is 0 Å². The highest BCUT2D eigenvalue weighted by atomic mass is 35.5. The van der Waals surface area contributed by atoms with Crippen LogP contribution in [-0.4, -0.2) is 41.2 Å². The second kappa shape index (κ2) is 5.79. The Labute approximate surface area is 109 Å². The standard InChI is InChI=1S/C11H13ClN2O4/c1-11(6-18-2,10(16)17)14-9(15)7-3-4-13-5-8(7)12/h3-5H,6H2,1-2H3,(H,14,15)(H,16,17). The fourth-order valence-corrected chi connectivity index (χ4v) is 1.52. The van der Waals surface area contributed by atoms with Gasteiger partial charge in [-0.2, -0.15) is 0 Å². The third-order valence-electron chi connectivity index (χ3n) is 2.31. The smallest absolute Gasteiger partial charge is 0.331 e. The Hall–Kier alpha value is -1.66. The van der Waals surface area contributed by atoms with Gasteiger partial charge in [0, 0.05) is 19.5 Å². The molecule has 1 amide bonds. The Bertz CT molecular complexity index is 466. The molecule has 0 saturated carbocycles. The summed E-state index contributed by atoms with van der Waals surface area (Å²) in [7, 11) is 1.35. The minimum absolute atomic E-state index is 0.153. The van der Waals surface area contributed by atoms with E-state index in [0.717, 1.165) is 0 Å². The van der Waals surface area contributed by atoms with E-state index in [4.69, 9.17) is 21.4 Å². The number of ether oxygens (including phenoxy) is 1. The van der Waals surface area contributed by atoms with E-state index >= 15 is 0 Å². The monoisotopic (exact) mass is 272 g/mol. The molecule has 0 aromatic carbocycles. The van der Waals surface area contributed by atoms with Crippen molar-refractivity contribution in [2.45, 2.75) is 12.5 Å². The van der Waals surface area contributed by atoms with Crippen molar-refractivity contribution in [1.82, 2.24) is 10.3 Å². The van der Waals surface area contributed by atoms with Gasteiger partial charge in [-0.15, -0.1) is 0 Å². The Morgan fingerprint density at radius 1 is 1.61 bits per heavy atom. The number of aromatic nitrogens is 1. The number of nitrogens with zero attached hydrogens (tertiary/aromatic N) is 1. The molecular weight excluding hydrogens is 260 g/mol. The van der Waals surface area contributed by atoms with Gasteiger partial charge in [0.05, 0.1) is 17.2 Å². The lowest BCUT2D eigenvalue weighted by molar-refractivity contribution is -0.145. The minimum atomic E-state index is -1.52. The molecule has 1 aromatic rings. The number of hydrogen-bond acceptors (Lipinski definition) is 4. The predicted molar refractivity (Wildman–Crippen MR) is 64.6 cm³/mol. The van der Waals surface area contributed by atoms with E-state index in [2.05, 4.69) is 10.3 Å². The number of rotatable bonds is 5. The number of carboxylic acids is 1. The van der Waals surface area contributed by atoms with Gasteiger partial charge in [-0.3, -0.25) is 9.78 Å². The molecule has 1 rings (SSSR count). The van der Waals surface area contributed by atoms with Crippen molar-refractivity contribution in [3.05, 3.63) is 29.0 Å². The normalized spacial score (nSPS) is 13.7. The molecule has 0 aliphatic carbocycles. The summed E-state index contributed by atoms with van der Waals surface area (Å²) >= 11 is 5.80. The molecule has 6 nitrogen and oxygen atoms in total. The van der Waals surface area contributed by atoms with E-state index in [1.807, 2.05) is 0 Å². The highest BCUT2D eigenvalue weighted by molar-refractivity contribution is 6.33. The maximum absolute atomic E-state index is 11.9. The summed E-state index contributed by atoms with van der Waals surface area (Å²) in [4.78, 5) is 26.8. The number of pyridine rings is 1. The molecule has 0 bridgehead atoms. The molecule has 98 valence electrons. The van der Waals surface area contributed by atoms with Crippen molar-refractivity contribution in [2.75, 3.05) is 13.7 Å². The number of nitrogens with one attached hydrogen (secondary N) is 1. The van der Waals surface area contributed by atoms with Gasteiger partial charge in [-0.25, -0.2) is 4.79 Å². The second-order valence-electron chi connectivity index (χ2n) is 3.88. The third kappa shape index (κ3) is 3.18. The number of amides is 1. The number of methoxy groups -OCH3 is 1. The number of aliphatic carboxylic acids is 1. The van der Waals surface area contributed by atoms with E-state index in [1.54, 1.807) is 0 Å². The molecule has 1 atom stereocenters. The van der Waals surface area contributed by atoms with Crippen LogP contribution in [0, 0.1) is 0 Å². The van der Waals surface area contributed by atoms with Gasteiger partial charge in [0.15, 0.2) is 5.54 Å². The Morgan fingerprint density at radius 3 is 2.78 bits per heavy atom. The topological polar surface area (TPSA) is 88.5 Å². The fourth-order valence-electron chi connectivity index (χ4n) is 1.32. The molecule has 7 heteroatoms. The van der Waals surface area contributed by atoms with Crippen LogP contribution in [0.25, 0.3) is 0 Å². The van der Waals surface area contributed by atoms with Crippen molar-refractivity contribution >= 4 is 23.5 Å². The number of carboxylic acid groups (broad SMARTS) is 1. The fraction of sp³-hybridized carbons (Fsp3) is 0.364. The van der Waals surface area contributed by atoms with Gasteiger partial charge in [0.2, 0.25) is 0 Å². The summed E-state index contributed by atoms with van der Waals surface area (Å²) < 4.78 is 4.79. The first kappa shape index (κ1) is 14.4. The number of hydrogen-bond donors (Lipinski definition) is 2. The van der Waals surface area contributed by atoms with E-state index in [0.29, 0.717) is 0 Å². The average Bonchev–Trinajstić information content (AvgIpc) is 2.29.